The zero-order valence-corrected chi connectivity index (χ0v) is 12.7. The smallest absolute Gasteiger partial charge is 0.401 e. The van der Waals surface area contributed by atoms with Crippen molar-refractivity contribution in [1.29, 1.82) is 0 Å². The van der Waals surface area contributed by atoms with Gasteiger partial charge >= 0.3 is 6.18 Å². The van der Waals surface area contributed by atoms with Crippen LogP contribution in [-0.4, -0.2) is 36.8 Å². The monoisotopic (exact) mass is 304 g/mol. The van der Waals surface area contributed by atoms with Gasteiger partial charge in [-0.1, -0.05) is 18.2 Å². The molecular weight excluding hydrogens is 281 g/mol. The quantitative estimate of drug-likeness (QED) is 0.839. The molecule has 0 radical (unpaired) electrons. The van der Waals surface area contributed by atoms with Crippen LogP contribution in [0.4, 0.5) is 13.2 Å². The van der Waals surface area contributed by atoms with Crippen molar-refractivity contribution in [3.8, 4) is 5.75 Å². The molecule has 120 valence electrons. The number of halogens is 3. The van der Waals surface area contributed by atoms with E-state index >= 15 is 0 Å². The lowest BCUT2D eigenvalue weighted by Gasteiger charge is -2.30. The SMILES string of the molecule is CCOc1ccccc1C(N)CN(CC(F)(F)F)C(C)C. The predicted octanol–water partition coefficient (Wildman–Crippen LogP) is 3.36. The van der Waals surface area contributed by atoms with E-state index in [0.29, 0.717) is 12.4 Å². The van der Waals surface area contributed by atoms with Gasteiger partial charge in [0.15, 0.2) is 0 Å². The van der Waals surface area contributed by atoms with Crippen LogP contribution in [0.5, 0.6) is 5.75 Å². The fraction of sp³-hybridized carbons (Fsp3) is 0.600. The third-order valence-corrected chi connectivity index (χ3v) is 3.16. The lowest BCUT2D eigenvalue weighted by atomic mass is 10.1. The second kappa shape index (κ2) is 7.66. The zero-order chi connectivity index (χ0) is 16.0. The number of benzene rings is 1. The number of ether oxygens (including phenoxy) is 1. The van der Waals surface area contributed by atoms with Crippen LogP contribution in [0.1, 0.15) is 32.4 Å². The number of alkyl halides is 3. The molecule has 0 aliphatic rings. The first-order chi connectivity index (χ1) is 9.74. The normalized spacial score (nSPS) is 13.8. The average molecular weight is 304 g/mol. The van der Waals surface area contributed by atoms with Crippen molar-refractivity contribution in [2.75, 3.05) is 19.7 Å². The first-order valence-electron chi connectivity index (χ1n) is 7.02. The van der Waals surface area contributed by atoms with Gasteiger partial charge in [-0.3, -0.25) is 4.90 Å². The lowest BCUT2D eigenvalue weighted by Crippen LogP contribution is -2.43. The highest BCUT2D eigenvalue weighted by Crippen LogP contribution is 2.26. The molecule has 0 saturated heterocycles. The Balaban J connectivity index is 2.84. The molecule has 0 aromatic heterocycles. The summed E-state index contributed by atoms with van der Waals surface area (Å²) >= 11 is 0. The molecule has 6 heteroatoms. The molecule has 1 aromatic rings. The molecule has 0 aliphatic carbocycles. The fourth-order valence-corrected chi connectivity index (χ4v) is 2.11. The molecule has 0 saturated carbocycles. The molecule has 1 aromatic carbocycles. The Morgan fingerprint density at radius 3 is 2.38 bits per heavy atom. The molecule has 0 bridgehead atoms. The minimum atomic E-state index is -4.23. The van der Waals surface area contributed by atoms with Gasteiger partial charge in [-0.15, -0.1) is 0 Å². The number of hydrogen-bond donors (Lipinski definition) is 1. The second-order valence-electron chi connectivity index (χ2n) is 5.22. The van der Waals surface area contributed by atoms with Gasteiger partial charge in [0.05, 0.1) is 13.2 Å². The van der Waals surface area contributed by atoms with E-state index in [4.69, 9.17) is 10.5 Å². The van der Waals surface area contributed by atoms with E-state index in [-0.39, 0.29) is 12.6 Å². The number of hydrogen-bond acceptors (Lipinski definition) is 3. The molecule has 0 spiro atoms. The van der Waals surface area contributed by atoms with Crippen molar-refractivity contribution >= 4 is 0 Å². The van der Waals surface area contributed by atoms with E-state index < -0.39 is 18.8 Å². The van der Waals surface area contributed by atoms with Gasteiger partial charge in [-0.2, -0.15) is 13.2 Å². The Hall–Kier alpha value is -1.27. The van der Waals surface area contributed by atoms with Crippen LogP contribution in [0.2, 0.25) is 0 Å². The summed E-state index contributed by atoms with van der Waals surface area (Å²) in [5.74, 6) is 0.628. The first-order valence-corrected chi connectivity index (χ1v) is 7.02. The predicted molar refractivity (Wildman–Crippen MR) is 77.3 cm³/mol. The van der Waals surface area contributed by atoms with Crippen LogP contribution in [0.25, 0.3) is 0 Å². The summed E-state index contributed by atoms with van der Waals surface area (Å²) in [5, 5.41) is 0. The van der Waals surface area contributed by atoms with E-state index in [1.807, 2.05) is 13.0 Å². The summed E-state index contributed by atoms with van der Waals surface area (Å²) in [6.45, 7) is 4.96. The van der Waals surface area contributed by atoms with Gasteiger partial charge in [-0.05, 0) is 26.8 Å². The Kier molecular flexibility index (Phi) is 6.48. The summed E-state index contributed by atoms with van der Waals surface area (Å²) in [5.41, 5.74) is 6.82. The second-order valence-corrected chi connectivity index (χ2v) is 5.22. The molecule has 0 heterocycles. The van der Waals surface area contributed by atoms with Crippen molar-refractivity contribution in [3.63, 3.8) is 0 Å². The van der Waals surface area contributed by atoms with Gasteiger partial charge in [0.25, 0.3) is 0 Å². The third kappa shape index (κ3) is 5.93. The maximum Gasteiger partial charge on any atom is 0.401 e. The molecule has 1 unspecified atom stereocenters. The van der Waals surface area contributed by atoms with Gasteiger partial charge in [0.1, 0.15) is 5.75 Å². The molecule has 21 heavy (non-hydrogen) atoms. The van der Waals surface area contributed by atoms with Gasteiger partial charge in [0.2, 0.25) is 0 Å². The van der Waals surface area contributed by atoms with Crippen LogP contribution in [-0.2, 0) is 0 Å². The first kappa shape index (κ1) is 17.8. The number of rotatable bonds is 7. The van der Waals surface area contributed by atoms with Gasteiger partial charge in [0, 0.05) is 24.2 Å². The summed E-state index contributed by atoms with van der Waals surface area (Å²) in [4.78, 5) is 1.33. The van der Waals surface area contributed by atoms with E-state index in [1.165, 1.54) is 4.90 Å². The maximum absolute atomic E-state index is 12.6. The minimum Gasteiger partial charge on any atom is -0.494 e. The van der Waals surface area contributed by atoms with Gasteiger partial charge < -0.3 is 10.5 Å². The zero-order valence-electron chi connectivity index (χ0n) is 12.7. The van der Waals surface area contributed by atoms with Crippen molar-refractivity contribution in [1.82, 2.24) is 4.90 Å². The Bertz CT molecular complexity index is 435. The molecule has 2 N–H and O–H groups in total. The lowest BCUT2D eigenvalue weighted by molar-refractivity contribution is -0.150. The largest absolute Gasteiger partial charge is 0.494 e. The van der Waals surface area contributed by atoms with E-state index in [0.717, 1.165) is 5.56 Å². The Labute approximate surface area is 123 Å². The highest BCUT2D eigenvalue weighted by molar-refractivity contribution is 5.36. The molecule has 1 atom stereocenters. The molecule has 0 aliphatic heterocycles. The number of para-hydroxylation sites is 1. The fourth-order valence-electron chi connectivity index (χ4n) is 2.11. The van der Waals surface area contributed by atoms with Crippen molar-refractivity contribution in [2.45, 2.75) is 39.0 Å². The number of nitrogens with zero attached hydrogens (tertiary/aromatic N) is 1. The highest BCUT2D eigenvalue weighted by Gasteiger charge is 2.32. The molecular formula is C15H23F3N2O. The summed E-state index contributed by atoms with van der Waals surface area (Å²) in [6.07, 6.45) is -4.23. The third-order valence-electron chi connectivity index (χ3n) is 3.16. The Morgan fingerprint density at radius 1 is 1.24 bits per heavy atom. The molecule has 3 nitrogen and oxygen atoms in total. The molecule has 1 rings (SSSR count). The van der Waals surface area contributed by atoms with Crippen molar-refractivity contribution in [3.05, 3.63) is 29.8 Å². The number of nitrogens with two attached hydrogens (primary N) is 1. The molecule has 0 amide bonds. The Morgan fingerprint density at radius 2 is 1.86 bits per heavy atom. The summed E-state index contributed by atoms with van der Waals surface area (Å²) in [7, 11) is 0. The van der Waals surface area contributed by atoms with Crippen LogP contribution >= 0.6 is 0 Å². The van der Waals surface area contributed by atoms with E-state index in [2.05, 4.69) is 0 Å². The van der Waals surface area contributed by atoms with Crippen LogP contribution < -0.4 is 10.5 Å². The standard InChI is InChI=1S/C15H23F3N2O/c1-4-21-14-8-6-5-7-12(14)13(19)9-20(11(2)3)10-15(16,17)18/h5-8,11,13H,4,9-10,19H2,1-3H3. The summed E-state index contributed by atoms with van der Waals surface area (Å²) in [6, 6.07) is 6.43. The van der Waals surface area contributed by atoms with Crippen LogP contribution in [0.3, 0.4) is 0 Å². The maximum atomic E-state index is 12.6. The minimum absolute atomic E-state index is 0.126. The van der Waals surface area contributed by atoms with E-state index in [9.17, 15) is 13.2 Å². The van der Waals surface area contributed by atoms with Gasteiger partial charge in [-0.25, -0.2) is 0 Å². The van der Waals surface area contributed by atoms with Crippen molar-refractivity contribution < 1.29 is 17.9 Å². The average Bonchev–Trinajstić information content (AvgIpc) is 2.37. The summed E-state index contributed by atoms with van der Waals surface area (Å²) < 4.78 is 43.3. The van der Waals surface area contributed by atoms with Crippen LogP contribution in [0.15, 0.2) is 24.3 Å². The van der Waals surface area contributed by atoms with Crippen molar-refractivity contribution in [2.24, 2.45) is 5.73 Å². The topological polar surface area (TPSA) is 38.5 Å². The van der Waals surface area contributed by atoms with E-state index in [1.54, 1.807) is 32.0 Å². The molecule has 0 fully saturated rings. The highest BCUT2D eigenvalue weighted by atomic mass is 19.4. The van der Waals surface area contributed by atoms with Crippen LogP contribution in [0, 0.1) is 0 Å².